The molecule has 1 aromatic heterocycles. The fourth-order valence-corrected chi connectivity index (χ4v) is 0.721. The SMILES string of the molecule is COc1nc(Cl)cc(C#N)n1. The first-order valence-electron chi connectivity index (χ1n) is 2.75. The predicted octanol–water partition coefficient (Wildman–Crippen LogP) is 1.01. The van der Waals surface area contributed by atoms with E-state index in [0.717, 1.165) is 0 Å². The largest absolute Gasteiger partial charge is 0.467 e. The molecule has 0 N–H and O–H groups in total. The van der Waals surface area contributed by atoms with Crippen molar-refractivity contribution in [3.05, 3.63) is 16.9 Å². The minimum Gasteiger partial charge on any atom is -0.467 e. The molecule has 5 heteroatoms. The van der Waals surface area contributed by atoms with Crippen molar-refractivity contribution in [3.63, 3.8) is 0 Å². The van der Waals surface area contributed by atoms with Gasteiger partial charge in [-0.1, -0.05) is 11.6 Å². The van der Waals surface area contributed by atoms with Crippen LogP contribution < -0.4 is 4.74 Å². The Hall–Kier alpha value is -1.34. The van der Waals surface area contributed by atoms with Crippen LogP contribution in [0.5, 0.6) is 6.01 Å². The van der Waals surface area contributed by atoms with Crippen LogP contribution in [0.3, 0.4) is 0 Å². The molecule has 0 saturated heterocycles. The number of ether oxygens (including phenoxy) is 1. The van der Waals surface area contributed by atoms with Crippen molar-refractivity contribution in [1.29, 1.82) is 5.26 Å². The maximum Gasteiger partial charge on any atom is 0.318 e. The smallest absolute Gasteiger partial charge is 0.318 e. The zero-order chi connectivity index (χ0) is 8.27. The van der Waals surface area contributed by atoms with Gasteiger partial charge in [0.05, 0.1) is 7.11 Å². The molecule has 0 spiro atoms. The molecule has 0 radical (unpaired) electrons. The number of rotatable bonds is 1. The maximum atomic E-state index is 8.43. The summed E-state index contributed by atoms with van der Waals surface area (Å²) in [6.45, 7) is 0. The number of nitrogens with zero attached hydrogens (tertiary/aromatic N) is 3. The molecule has 1 rings (SSSR count). The highest BCUT2D eigenvalue weighted by Crippen LogP contribution is 2.10. The van der Waals surface area contributed by atoms with Crippen LogP contribution >= 0.6 is 11.6 Å². The van der Waals surface area contributed by atoms with Gasteiger partial charge in [-0.3, -0.25) is 0 Å². The molecular formula is C6H4ClN3O. The molecule has 0 aliphatic heterocycles. The second kappa shape index (κ2) is 3.17. The number of hydrogen-bond donors (Lipinski definition) is 0. The lowest BCUT2D eigenvalue weighted by Crippen LogP contribution is -1.93. The van der Waals surface area contributed by atoms with Crippen LogP contribution in [0.15, 0.2) is 6.07 Å². The van der Waals surface area contributed by atoms with Crippen LogP contribution in [0.4, 0.5) is 0 Å². The Morgan fingerprint density at radius 3 is 2.91 bits per heavy atom. The van der Waals surface area contributed by atoms with E-state index in [1.165, 1.54) is 13.2 Å². The zero-order valence-corrected chi connectivity index (χ0v) is 6.46. The van der Waals surface area contributed by atoms with Crippen molar-refractivity contribution in [2.24, 2.45) is 0 Å². The van der Waals surface area contributed by atoms with Gasteiger partial charge in [-0.15, -0.1) is 0 Å². The van der Waals surface area contributed by atoms with Crippen molar-refractivity contribution in [2.45, 2.75) is 0 Å². The third-order valence-electron chi connectivity index (χ3n) is 0.971. The van der Waals surface area contributed by atoms with Crippen LogP contribution in [0.2, 0.25) is 5.15 Å². The van der Waals surface area contributed by atoms with Crippen LogP contribution in [-0.4, -0.2) is 17.1 Å². The van der Waals surface area contributed by atoms with Crippen molar-refractivity contribution in [3.8, 4) is 12.1 Å². The van der Waals surface area contributed by atoms with Crippen molar-refractivity contribution >= 4 is 11.6 Å². The predicted molar refractivity (Wildman–Crippen MR) is 38.3 cm³/mol. The molecule has 11 heavy (non-hydrogen) atoms. The molecule has 0 fully saturated rings. The van der Waals surface area contributed by atoms with Gasteiger partial charge in [-0.25, -0.2) is 0 Å². The minimum atomic E-state index is 0.106. The van der Waals surface area contributed by atoms with E-state index < -0.39 is 0 Å². The van der Waals surface area contributed by atoms with E-state index in [2.05, 4.69) is 14.7 Å². The molecule has 0 amide bonds. The Morgan fingerprint density at radius 2 is 2.36 bits per heavy atom. The number of aromatic nitrogens is 2. The van der Waals surface area contributed by atoms with E-state index in [1.807, 2.05) is 6.07 Å². The monoisotopic (exact) mass is 169 g/mol. The van der Waals surface area contributed by atoms with Crippen molar-refractivity contribution in [1.82, 2.24) is 9.97 Å². The second-order valence-electron chi connectivity index (χ2n) is 1.67. The number of halogens is 1. The fourth-order valence-electron chi connectivity index (χ4n) is 0.545. The Kier molecular flexibility index (Phi) is 2.24. The Labute approximate surface area is 68.4 Å². The van der Waals surface area contributed by atoms with Gasteiger partial charge in [0, 0.05) is 6.07 Å². The van der Waals surface area contributed by atoms with Gasteiger partial charge in [0.25, 0.3) is 0 Å². The lowest BCUT2D eigenvalue weighted by molar-refractivity contribution is 0.379. The van der Waals surface area contributed by atoms with E-state index in [-0.39, 0.29) is 16.9 Å². The number of nitriles is 1. The van der Waals surface area contributed by atoms with Gasteiger partial charge in [0.2, 0.25) is 0 Å². The van der Waals surface area contributed by atoms with E-state index in [1.54, 1.807) is 0 Å². The van der Waals surface area contributed by atoms with Crippen LogP contribution in [0.1, 0.15) is 5.69 Å². The molecule has 4 nitrogen and oxygen atoms in total. The number of methoxy groups -OCH3 is 1. The summed E-state index contributed by atoms with van der Waals surface area (Å²) in [7, 11) is 1.41. The normalized spacial score (nSPS) is 8.82. The lowest BCUT2D eigenvalue weighted by atomic mass is 10.4. The van der Waals surface area contributed by atoms with Gasteiger partial charge >= 0.3 is 6.01 Å². The van der Waals surface area contributed by atoms with Gasteiger partial charge in [-0.05, 0) is 0 Å². The molecule has 0 saturated carbocycles. The topological polar surface area (TPSA) is 58.8 Å². The number of hydrogen-bond acceptors (Lipinski definition) is 4. The van der Waals surface area contributed by atoms with Gasteiger partial charge in [0.15, 0.2) is 0 Å². The highest BCUT2D eigenvalue weighted by Gasteiger charge is 2.00. The zero-order valence-electron chi connectivity index (χ0n) is 5.71. The van der Waals surface area contributed by atoms with Crippen molar-refractivity contribution < 1.29 is 4.74 Å². The molecule has 56 valence electrons. The average molecular weight is 170 g/mol. The minimum absolute atomic E-state index is 0.106. The molecule has 0 unspecified atom stereocenters. The summed E-state index contributed by atoms with van der Waals surface area (Å²) in [5.74, 6) is 0. The average Bonchev–Trinajstić information content (AvgIpc) is 2.03. The van der Waals surface area contributed by atoms with Crippen LogP contribution in [0, 0.1) is 11.3 Å². The Bertz CT molecular complexity index is 307. The van der Waals surface area contributed by atoms with Crippen molar-refractivity contribution in [2.75, 3.05) is 7.11 Å². The third kappa shape index (κ3) is 1.79. The third-order valence-corrected chi connectivity index (χ3v) is 1.17. The van der Waals surface area contributed by atoms with E-state index in [9.17, 15) is 0 Å². The first kappa shape index (κ1) is 7.76. The van der Waals surface area contributed by atoms with E-state index in [4.69, 9.17) is 16.9 Å². The van der Waals surface area contributed by atoms with Gasteiger partial charge in [-0.2, -0.15) is 15.2 Å². The first-order valence-corrected chi connectivity index (χ1v) is 3.12. The summed E-state index contributed by atoms with van der Waals surface area (Å²) in [6.07, 6.45) is 0. The van der Waals surface area contributed by atoms with Gasteiger partial charge < -0.3 is 4.74 Å². The summed E-state index contributed by atoms with van der Waals surface area (Å²) in [5, 5.41) is 8.63. The summed E-state index contributed by atoms with van der Waals surface area (Å²) < 4.78 is 4.68. The molecule has 1 heterocycles. The maximum absolute atomic E-state index is 8.43. The highest BCUT2D eigenvalue weighted by atomic mass is 35.5. The van der Waals surface area contributed by atoms with E-state index in [0.29, 0.717) is 0 Å². The quantitative estimate of drug-likeness (QED) is 0.589. The standard InChI is InChI=1S/C6H4ClN3O/c1-11-6-9-4(3-8)2-5(7)10-6/h2H,1H3. The molecule has 0 aliphatic rings. The Morgan fingerprint density at radius 1 is 1.64 bits per heavy atom. The first-order chi connectivity index (χ1) is 5.26. The summed E-state index contributed by atoms with van der Waals surface area (Å²) in [5.41, 5.74) is 0.196. The molecule has 0 aliphatic carbocycles. The molecule has 0 atom stereocenters. The van der Waals surface area contributed by atoms with Gasteiger partial charge in [0.1, 0.15) is 16.9 Å². The summed E-state index contributed by atoms with van der Waals surface area (Å²) in [6, 6.07) is 3.30. The molecular weight excluding hydrogens is 166 g/mol. The summed E-state index contributed by atoms with van der Waals surface area (Å²) in [4.78, 5) is 7.37. The molecule has 0 aromatic carbocycles. The summed E-state index contributed by atoms with van der Waals surface area (Å²) >= 11 is 5.53. The lowest BCUT2D eigenvalue weighted by Gasteiger charge is -1.96. The Balaban J connectivity index is 3.15. The second-order valence-corrected chi connectivity index (χ2v) is 2.06. The van der Waals surface area contributed by atoms with Crippen LogP contribution in [0.25, 0.3) is 0 Å². The molecule has 0 bridgehead atoms. The molecule has 1 aromatic rings. The fraction of sp³-hybridized carbons (Fsp3) is 0.167. The highest BCUT2D eigenvalue weighted by molar-refractivity contribution is 6.29. The van der Waals surface area contributed by atoms with E-state index >= 15 is 0 Å². The van der Waals surface area contributed by atoms with Crippen LogP contribution in [-0.2, 0) is 0 Å².